The van der Waals surface area contributed by atoms with Crippen LogP contribution in [0.1, 0.15) is 28.9 Å². The molecule has 2 aliphatic heterocycles. The maximum Gasteiger partial charge on any atom is 0.270 e. The molecule has 0 unspecified atom stereocenters. The third kappa shape index (κ3) is 4.12. The number of para-hydroxylation sites is 1. The first-order valence-electron chi connectivity index (χ1n) is 11.7. The Morgan fingerprint density at radius 3 is 2.50 bits per heavy atom. The van der Waals surface area contributed by atoms with Crippen LogP contribution in [0.3, 0.4) is 0 Å². The lowest BCUT2D eigenvalue weighted by Crippen LogP contribution is -2.46. The van der Waals surface area contributed by atoms with Crippen molar-refractivity contribution in [3.05, 3.63) is 64.8 Å². The molecule has 0 saturated carbocycles. The van der Waals surface area contributed by atoms with Crippen molar-refractivity contribution < 1.29 is 4.79 Å². The summed E-state index contributed by atoms with van der Waals surface area (Å²) in [6.07, 6.45) is 3.14. The third-order valence-electron chi connectivity index (χ3n) is 7.03. The Hall–Kier alpha value is -2.50. The van der Waals surface area contributed by atoms with Crippen molar-refractivity contribution >= 4 is 34.1 Å². The summed E-state index contributed by atoms with van der Waals surface area (Å²) >= 11 is 6.14. The Morgan fingerprint density at radius 1 is 0.906 bits per heavy atom. The monoisotopic (exact) mass is 450 g/mol. The number of rotatable bonds is 6. The molecule has 0 atom stereocenters. The number of aromatic nitrogens is 1. The van der Waals surface area contributed by atoms with Crippen molar-refractivity contribution in [3.63, 3.8) is 0 Å². The molecule has 0 aliphatic carbocycles. The van der Waals surface area contributed by atoms with Crippen LogP contribution in [0, 0.1) is 0 Å². The predicted octanol–water partition coefficient (Wildman–Crippen LogP) is 4.43. The van der Waals surface area contributed by atoms with E-state index in [0.29, 0.717) is 0 Å². The highest BCUT2D eigenvalue weighted by molar-refractivity contribution is 6.30. The van der Waals surface area contributed by atoms with Crippen molar-refractivity contribution in [2.45, 2.75) is 19.3 Å². The Labute approximate surface area is 195 Å². The van der Waals surface area contributed by atoms with Gasteiger partial charge in [-0.05, 0) is 55.6 Å². The van der Waals surface area contributed by atoms with Gasteiger partial charge in [0.2, 0.25) is 0 Å². The van der Waals surface area contributed by atoms with Crippen LogP contribution in [0.4, 0.5) is 5.69 Å². The predicted molar refractivity (Wildman–Crippen MR) is 132 cm³/mol. The second-order valence-corrected chi connectivity index (χ2v) is 9.40. The molecule has 1 fully saturated rings. The van der Waals surface area contributed by atoms with E-state index in [-0.39, 0.29) is 5.91 Å². The number of benzene rings is 2. The van der Waals surface area contributed by atoms with E-state index in [0.717, 1.165) is 81.3 Å². The van der Waals surface area contributed by atoms with Gasteiger partial charge in [-0.3, -0.25) is 9.69 Å². The Balaban J connectivity index is 1.10. The average Bonchev–Trinajstić information content (AvgIpc) is 3.11. The Kier molecular flexibility index (Phi) is 6.11. The first-order chi connectivity index (χ1) is 15.6. The summed E-state index contributed by atoms with van der Waals surface area (Å²) in [5, 5.41) is 2.03. The molecule has 3 aromatic rings. The van der Waals surface area contributed by atoms with Crippen LogP contribution in [0.15, 0.2) is 48.5 Å². The molecule has 0 spiro atoms. The van der Waals surface area contributed by atoms with Crippen LogP contribution < -0.4 is 4.90 Å². The van der Waals surface area contributed by atoms with Crippen LogP contribution in [0.25, 0.3) is 10.9 Å². The number of hydrogen-bond acceptors (Lipinski definition) is 3. The fourth-order valence-electron chi connectivity index (χ4n) is 5.25. The normalized spacial score (nSPS) is 17.2. The highest BCUT2D eigenvalue weighted by atomic mass is 35.5. The molecule has 0 bridgehead atoms. The van der Waals surface area contributed by atoms with Crippen molar-refractivity contribution in [2.75, 3.05) is 50.7 Å². The first-order valence-corrected chi connectivity index (χ1v) is 12.1. The van der Waals surface area contributed by atoms with E-state index in [1.54, 1.807) is 0 Å². The summed E-state index contributed by atoms with van der Waals surface area (Å²) < 4.78 is 2.08. The van der Waals surface area contributed by atoms with Gasteiger partial charge in [0.1, 0.15) is 5.69 Å². The van der Waals surface area contributed by atoms with Gasteiger partial charge in [-0.25, -0.2) is 0 Å². The van der Waals surface area contributed by atoms with Crippen LogP contribution in [0.5, 0.6) is 0 Å². The van der Waals surface area contributed by atoms with E-state index >= 15 is 0 Å². The van der Waals surface area contributed by atoms with Gasteiger partial charge >= 0.3 is 0 Å². The topological polar surface area (TPSA) is 31.7 Å². The quantitative estimate of drug-likeness (QED) is 0.520. The molecule has 5 rings (SSSR count). The molecule has 32 heavy (non-hydrogen) atoms. The zero-order chi connectivity index (χ0) is 22.1. The summed E-state index contributed by atoms with van der Waals surface area (Å²) in [6.45, 7) is 7.01. The number of piperazine rings is 1. The molecule has 1 amide bonds. The average molecular weight is 451 g/mol. The van der Waals surface area contributed by atoms with Crippen LogP contribution in [0.2, 0.25) is 5.02 Å². The minimum absolute atomic E-state index is 0.195. The lowest BCUT2D eigenvalue weighted by Gasteiger charge is -2.36. The van der Waals surface area contributed by atoms with Gasteiger partial charge in [-0.2, -0.15) is 0 Å². The number of anilines is 1. The summed E-state index contributed by atoms with van der Waals surface area (Å²) in [7, 11) is 2.02. The standard InChI is InChI=1S/C26H31ClN4O/c1-28-24-10-3-2-9-22(24)23-11-14-31(26(32)25(23)28)13-5-4-12-29-15-17-30(18-16-29)21-8-6-7-20(27)19-21/h2-3,6-10,19H,4-5,11-18H2,1H3. The van der Waals surface area contributed by atoms with Gasteiger partial charge < -0.3 is 14.4 Å². The number of fused-ring (bicyclic) bond motifs is 3. The zero-order valence-electron chi connectivity index (χ0n) is 18.8. The number of halogens is 1. The van der Waals surface area contributed by atoms with E-state index in [2.05, 4.69) is 43.5 Å². The molecule has 6 heteroatoms. The highest BCUT2D eigenvalue weighted by Gasteiger charge is 2.29. The second kappa shape index (κ2) is 9.16. The maximum atomic E-state index is 13.2. The van der Waals surface area contributed by atoms with Crippen molar-refractivity contribution in [3.8, 4) is 0 Å². The van der Waals surface area contributed by atoms with Gasteiger partial charge in [-0.15, -0.1) is 0 Å². The van der Waals surface area contributed by atoms with E-state index < -0.39 is 0 Å². The third-order valence-corrected chi connectivity index (χ3v) is 7.27. The van der Waals surface area contributed by atoms with Crippen LogP contribution >= 0.6 is 11.6 Å². The first kappa shape index (κ1) is 21.4. The zero-order valence-corrected chi connectivity index (χ0v) is 19.5. The molecule has 5 nitrogen and oxygen atoms in total. The molecule has 1 saturated heterocycles. The van der Waals surface area contributed by atoms with E-state index in [1.807, 2.05) is 31.3 Å². The maximum absolute atomic E-state index is 13.2. The lowest BCUT2D eigenvalue weighted by molar-refractivity contribution is 0.0725. The largest absolute Gasteiger partial charge is 0.369 e. The van der Waals surface area contributed by atoms with Crippen molar-refractivity contribution in [1.29, 1.82) is 0 Å². The van der Waals surface area contributed by atoms with Gasteiger partial charge in [0.25, 0.3) is 5.91 Å². The molecule has 168 valence electrons. The molecule has 1 aromatic heterocycles. The summed E-state index contributed by atoms with van der Waals surface area (Å²) in [4.78, 5) is 20.2. The number of aryl methyl sites for hydroxylation is 1. The Bertz CT molecular complexity index is 1120. The second-order valence-electron chi connectivity index (χ2n) is 8.96. The molecule has 0 N–H and O–H groups in total. The molecular formula is C26H31ClN4O. The van der Waals surface area contributed by atoms with Crippen molar-refractivity contribution in [1.82, 2.24) is 14.4 Å². The van der Waals surface area contributed by atoms with Crippen LogP contribution in [-0.2, 0) is 13.5 Å². The molecule has 3 heterocycles. The van der Waals surface area contributed by atoms with E-state index in [1.165, 1.54) is 16.6 Å². The molecule has 2 aliphatic rings. The van der Waals surface area contributed by atoms with Gasteiger partial charge in [0.05, 0.1) is 0 Å². The number of amides is 1. The number of unbranched alkanes of at least 4 members (excludes halogenated alkanes) is 1. The van der Waals surface area contributed by atoms with Gasteiger partial charge in [-0.1, -0.05) is 35.9 Å². The SMILES string of the molecule is Cn1c2c(c3ccccc31)CCN(CCCCN1CCN(c3cccc(Cl)c3)CC1)C2=O. The van der Waals surface area contributed by atoms with E-state index in [4.69, 9.17) is 11.6 Å². The number of carbonyl (C=O) groups is 1. The fraction of sp³-hybridized carbons (Fsp3) is 0.423. The Morgan fingerprint density at radius 2 is 1.69 bits per heavy atom. The van der Waals surface area contributed by atoms with Crippen LogP contribution in [-0.4, -0.2) is 66.1 Å². The number of hydrogen-bond donors (Lipinski definition) is 0. The highest BCUT2D eigenvalue weighted by Crippen LogP contribution is 2.30. The minimum Gasteiger partial charge on any atom is -0.369 e. The molecular weight excluding hydrogens is 420 g/mol. The summed E-state index contributed by atoms with van der Waals surface area (Å²) in [5.74, 6) is 0.195. The summed E-state index contributed by atoms with van der Waals surface area (Å²) in [5.41, 5.74) is 4.48. The van der Waals surface area contributed by atoms with Gasteiger partial charge in [0, 0.05) is 67.9 Å². The van der Waals surface area contributed by atoms with E-state index in [9.17, 15) is 4.79 Å². The lowest BCUT2D eigenvalue weighted by atomic mass is 10.0. The minimum atomic E-state index is 0.195. The molecule has 2 aromatic carbocycles. The summed E-state index contributed by atoms with van der Waals surface area (Å²) in [6, 6.07) is 16.5. The molecule has 0 radical (unpaired) electrons. The smallest absolute Gasteiger partial charge is 0.270 e. The number of nitrogens with zero attached hydrogens (tertiary/aromatic N) is 4. The number of carbonyl (C=O) groups excluding carboxylic acids is 1. The van der Waals surface area contributed by atoms with Crippen molar-refractivity contribution in [2.24, 2.45) is 7.05 Å². The fourth-order valence-corrected chi connectivity index (χ4v) is 5.43. The van der Waals surface area contributed by atoms with Gasteiger partial charge in [0.15, 0.2) is 0 Å².